The van der Waals surface area contributed by atoms with Crippen LogP contribution in [0.2, 0.25) is 0 Å². The maximum absolute atomic E-state index is 13.1. The van der Waals surface area contributed by atoms with E-state index < -0.39 is 11.7 Å². The van der Waals surface area contributed by atoms with Crippen LogP contribution in [0.4, 0.5) is 10.1 Å². The van der Waals surface area contributed by atoms with E-state index >= 15 is 0 Å². The fourth-order valence-electron chi connectivity index (χ4n) is 1.94. The third-order valence-corrected chi connectivity index (χ3v) is 2.94. The van der Waals surface area contributed by atoms with E-state index in [1.807, 2.05) is 30.3 Å². The molecule has 0 spiro atoms. The molecule has 3 aromatic rings. The van der Waals surface area contributed by atoms with E-state index in [2.05, 4.69) is 15.5 Å². The molecule has 0 aliphatic heterocycles. The zero-order chi connectivity index (χ0) is 15.4. The average Bonchev–Trinajstić information content (AvgIpc) is 2.97. The van der Waals surface area contributed by atoms with Crippen molar-refractivity contribution in [1.82, 2.24) is 10.2 Å². The van der Waals surface area contributed by atoms with Crippen LogP contribution in [0.3, 0.4) is 0 Å². The second kappa shape index (κ2) is 6.17. The van der Waals surface area contributed by atoms with E-state index in [1.165, 1.54) is 18.2 Å². The number of aromatic nitrogens is 2. The molecule has 22 heavy (non-hydrogen) atoms. The van der Waals surface area contributed by atoms with E-state index in [1.54, 1.807) is 6.07 Å². The van der Waals surface area contributed by atoms with Crippen LogP contribution in [0.5, 0.6) is 0 Å². The Balaban J connectivity index is 1.69. The van der Waals surface area contributed by atoms with Gasteiger partial charge in [-0.2, -0.15) is 0 Å². The Labute approximate surface area is 125 Å². The van der Waals surface area contributed by atoms with Gasteiger partial charge in [0.2, 0.25) is 5.89 Å². The van der Waals surface area contributed by atoms with Crippen LogP contribution in [0.25, 0.3) is 0 Å². The summed E-state index contributed by atoms with van der Waals surface area (Å²) in [5.41, 5.74) is 1.33. The normalized spacial score (nSPS) is 10.4. The van der Waals surface area contributed by atoms with Gasteiger partial charge in [-0.3, -0.25) is 4.79 Å². The number of carbonyl (C=O) groups is 1. The zero-order valence-corrected chi connectivity index (χ0v) is 11.5. The van der Waals surface area contributed by atoms with E-state index in [9.17, 15) is 9.18 Å². The lowest BCUT2D eigenvalue weighted by Gasteiger charge is -2.01. The molecular weight excluding hydrogens is 285 g/mol. The molecule has 0 fully saturated rings. The molecule has 3 rings (SSSR count). The lowest BCUT2D eigenvalue weighted by atomic mass is 10.2. The summed E-state index contributed by atoms with van der Waals surface area (Å²) in [6, 6.07) is 15.1. The number of amides is 1. The zero-order valence-electron chi connectivity index (χ0n) is 11.5. The highest BCUT2D eigenvalue weighted by Crippen LogP contribution is 2.12. The summed E-state index contributed by atoms with van der Waals surface area (Å²) in [6.07, 6.45) is 0.446. The van der Waals surface area contributed by atoms with Crippen molar-refractivity contribution >= 4 is 11.6 Å². The van der Waals surface area contributed by atoms with Crippen LogP contribution in [0, 0.1) is 5.82 Å². The van der Waals surface area contributed by atoms with Gasteiger partial charge in [0.15, 0.2) is 0 Å². The molecule has 110 valence electrons. The van der Waals surface area contributed by atoms with E-state index in [4.69, 9.17) is 4.42 Å². The van der Waals surface area contributed by atoms with Gasteiger partial charge in [-0.25, -0.2) is 4.39 Å². The van der Waals surface area contributed by atoms with Crippen molar-refractivity contribution in [2.45, 2.75) is 6.42 Å². The van der Waals surface area contributed by atoms with Gasteiger partial charge in [0.25, 0.3) is 0 Å². The van der Waals surface area contributed by atoms with Gasteiger partial charge in [-0.15, -0.1) is 10.2 Å². The molecule has 1 N–H and O–H groups in total. The van der Waals surface area contributed by atoms with Crippen molar-refractivity contribution < 1.29 is 13.6 Å². The molecule has 1 aromatic heterocycles. The van der Waals surface area contributed by atoms with E-state index in [0.717, 1.165) is 5.56 Å². The topological polar surface area (TPSA) is 68.0 Å². The van der Waals surface area contributed by atoms with Crippen LogP contribution in [0.15, 0.2) is 59.0 Å². The van der Waals surface area contributed by atoms with Crippen molar-refractivity contribution in [3.05, 3.63) is 77.8 Å². The first-order valence-corrected chi connectivity index (χ1v) is 6.64. The number of carbonyl (C=O) groups excluding carboxylic acids is 1. The minimum Gasteiger partial charge on any atom is -0.417 e. The van der Waals surface area contributed by atoms with Gasteiger partial charge in [-0.1, -0.05) is 36.4 Å². The third kappa shape index (κ3) is 3.35. The molecule has 0 radical (unpaired) electrons. The molecule has 0 saturated carbocycles. The highest BCUT2D eigenvalue weighted by atomic mass is 19.1. The first-order valence-electron chi connectivity index (χ1n) is 6.64. The number of hydrogen-bond acceptors (Lipinski definition) is 4. The summed E-state index contributed by atoms with van der Waals surface area (Å²) in [5.74, 6) is -0.823. The van der Waals surface area contributed by atoms with Gasteiger partial charge < -0.3 is 9.73 Å². The summed E-state index contributed by atoms with van der Waals surface area (Å²) in [7, 11) is 0. The van der Waals surface area contributed by atoms with E-state index in [-0.39, 0.29) is 5.89 Å². The van der Waals surface area contributed by atoms with Crippen molar-refractivity contribution in [3.63, 3.8) is 0 Å². The number of rotatable bonds is 4. The largest absolute Gasteiger partial charge is 0.417 e. The maximum atomic E-state index is 13.1. The van der Waals surface area contributed by atoms with Gasteiger partial charge >= 0.3 is 11.8 Å². The Hall–Kier alpha value is -3.02. The van der Waals surface area contributed by atoms with Crippen molar-refractivity contribution in [2.24, 2.45) is 0 Å². The number of benzene rings is 2. The van der Waals surface area contributed by atoms with Crippen LogP contribution in [0.1, 0.15) is 22.1 Å². The molecule has 5 nitrogen and oxygen atoms in total. The summed E-state index contributed by atoms with van der Waals surface area (Å²) >= 11 is 0. The molecule has 1 amide bonds. The minimum absolute atomic E-state index is 0.157. The van der Waals surface area contributed by atoms with Crippen LogP contribution in [-0.2, 0) is 6.42 Å². The maximum Gasteiger partial charge on any atom is 0.313 e. The Morgan fingerprint density at radius 3 is 2.68 bits per heavy atom. The molecule has 0 aliphatic rings. The molecular formula is C16H12FN3O2. The second-order valence-electron chi connectivity index (χ2n) is 4.63. The van der Waals surface area contributed by atoms with Crippen LogP contribution < -0.4 is 5.32 Å². The van der Waals surface area contributed by atoms with E-state index in [0.29, 0.717) is 18.0 Å². The first-order chi connectivity index (χ1) is 10.7. The smallest absolute Gasteiger partial charge is 0.313 e. The summed E-state index contributed by atoms with van der Waals surface area (Å²) < 4.78 is 18.4. The Morgan fingerprint density at radius 2 is 1.91 bits per heavy atom. The minimum atomic E-state index is -0.572. The molecule has 1 heterocycles. The quantitative estimate of drug-likeness (QED) is 0.803. The molecule has 0 atom stereocenters. The van der Waals surface area contributed by atoms with Crippen molar-refractivity contribution in [2.75, 3.05) is 5.32 Å². The highest BCUT2D eigenvalue weighted by molar-refractivity contribution is 6.00. The summed E-state index contributed by atoms with van der Waals surface area (Å²) in [6.45, 7) is 0. The van der Waals surface area contributed by atoms with Gasteiger partial charge in [0.1, 0.15) is 5.82 Å². The molecule has 0 aliphatic carbocycles. The molecule has 0 bridgehead atoms. The first kappa shape index (κ1) is 13.9. The average molecular weight is 297 g/mol. The SMILES string of the molecule is O=C(Nc1cccc(F)c1)c1nnc(Cc2ccccc2)o1. The molecule has 0 saturated heterocycles. The number of hydrogen-bond donors (Lipinski definition) is 1. The lowest BCUT2D eigenvalue weighted by molar-refractivity contribution is 0.0988. The fourth-order valence-corrected chi connectivity index (χ4v) is 1.94. The molecule has 2 aromatic carbocycles. The standard InChI is InChI=1S/C16H12FN3O2/c17-12-7-4-8-13(10-12)18-15(21)16-20-19-14(22-16)9-11-5-2-1-3-6-11/h1-8,10H,9H2,(H,18,21). The van der Waals surface area contributed by atoms with Gasteiger partial charge in [-0.05, 0) is 23.8 Å². The fraction of sp³-hybridized carbons (Fsp3) is 0.0625. The third-order valence-electron chi connectivity index (χ3n) is 2.94. The monoisotopic (exact) mass is 297 g/mol. The second-order valence-corrected chi connectivity index (χ2v) is 4.63. The van der Waals surface area contributed by atoms with Crippen LogP contribution >= 0.6 is 0 Å². The summed E-state index contributed by atoms with van der Waals surface area (Å²) in [5, 5.41) is 10.0. The lowest BCUT2D eigenvalue weighted by Crippen LogP contribution is -2.12. The van der Waals surface area contributed by atoms with Gasteiger partial charge in [0, 0.05) is 5.69 Å². The Kier molecular flexibility index (Phi) is 3.91. The number of nitrogens with one attached hydrogen (secondary N) is 1. The molecule has 6 heteroatoms. The van der Waals surface area contributed by atoms with Gasteiger partial charge in [0.05, 0.1) is 6.42 Å². The predicted molar refractivity (Wildman–Crippen MR) is 77.9 cm³/mol. The number of nitrogens with zero attached hydrogens (tertiary/aromatic N) is 2. The Morgan fingerprint density at radius 1 is 1.09 bits per heavy atom. The predicted octanol–water partition coefficient (Wildman–Crippen LogP) is 3.05. The van der Waals surface area contributed by atoms with Crippen molar-refractivity contribution in [3.8, 4) is 0 Å². The number of halogens is 1. The Bertz CT molecular complexity index is 787. The summed E-state index contributed by atoms with van der Waals surface area (Å²) in [4.78, 5) is 12.0. The molecule has 0 unspecified atom stereocenters. The number of anilines is 1. The highest BCUT2D eigenvalue weighted by Gasteiger charge is 2.15. The van der Waals surface area contributed by atoms with Crippen molar-refractivity contribution in [1.29, 1.82) is 0 Å². The van der Waals surface area contributed by atoms with Crippen LogP contribution in [-0.4, -0.2) is 16.1 Å².